The molecule has 0 bridgehead atoms. The molecule has 0 heterocycles. The fourth-order valence-electron chi connectivity index (χ4n) is 2.01. The molecule has 0 aliphatic carbocycles. The van der Waals surface area contributed by atoms with Crippen LogP contribution in [-0.2, 0) is 0 Å². The molecule has 0 saturated heterocycles. The van der Waals surface area contributed by atoms with Gasteiger partial charge in [0.25, 0.3) is 0 Å². The lowest BCUT2D eigenvalue weighted by atomic mass is 10.1. The van der Waals surface area contributed by atoms with Gasteiger partial charge in [-0.05, 0) is 32.4 Å². The first-order valence-electron chi connectivity index (χ1n) is 6.41. The molecule has 0 aliphatic rings. The fraction of sp³-hybridized carbons (Fsp3) is 0.235. The fourth-order valence-corrected chi connectivity index (χ4v) is 2.01. The lowest BCUT2D eigenvalue weighted by Crippen LogP contribution is -2.24. The van der Waals surface area contributed by atoms with Crippen LogP contribution in [0.4, 0.5) is 0 Å². The predicted octanol–water partition coefficient (Wildman–Crippen LogP) is 3.95. The highest BCUT2D eigenvalue weighted by molar-refractivity contribution is 5.99. The summed E-state index contributed by atoms with van der Waals surface area (Å²) in [4.78, 5) is 12.2. The van der Waals surface area contributed by atoms with Crippen molar-refractivity contribution in [2.75, 3.05) is 0 Å². The maximum absolute atomic E-state index is 12.2. The predicted molar refractivity (Wildman–Crippen MR) is 76.8 cm³/mol. The lowest BCUT2D eigenvalue weighted by Gasteiger charge is -2.15. The Labute approximate surface area is 114 Å². The van der Waals surface area contributed by atoms with E-state index in [1.165, 1.54) is 5.56 Å². The van der Waals surface area contributed by atoms with Gasteiger partial charge in [-0.2, -0.15) is 0 Å². The smallest absolute Gasteiger partial charge is 0.202 e. The van der Waals surface area contributed by atoms with Gasteiger partial charge in [0.15, 0.2) is 6.10 Å². The highest BCUT2D eigenvalue weighted by Gasteiger charge is 2.17. The minimum atomic E-state index is -0.483. The molecule has 2 nitrogen and oxygen atoms in total. The topological polar surface area (TPSA) is 26.3 Å². The van der Waals surface area contributed by atoms with Crippen molar-refractivity contribution < 1.29 is 9.53 Å². The summed E-state index contributed by atoms with van der Waals surface area (Å²) in [5, 5.41) is 0. The van der Waals surface area contributed by atoms with E-state index in [-0.39, 0.29) is 5.78 Å². The van der Waals surface area contributed by atoms with Crippen LogP contribution < -0.4 is 4.74 Å². The number of benzene rings is 2. The zero-order valence-electron chi connectivity index (χ0n) is 11.5. The zero-order chi connectivity index (χ0) is 13.8. The molecule has 2 rings (SSSR count). The molecule has 0 aliphatic heterocycles. The van der Waals surface area contributed by atoms with Gasteiger partial charge in [0.2, 0.25) is 5.78 Å². The van der Waals surface area contributed by atoms with Crippen molar-refractivity contribution in [3.8, 4) is 5.75 Å². The second-order valence-corrected chi connectivity index (χ2v) is 4.76. The van der Waals surface area contributed by atoms with Crippen LogP contribution in [0.15, 0.2) is 48.5 Å². The van der Waals surface area contributed by atoms with Crippen LogP contribution in [0.1, 0.15) is 28.4 Å². The lowest BCUT2D eigenvalue weighted by molar-refractivity contribution is 0.0817. The number of hydrogen-bond acceptors (Lipinski definition) is 2. The molecule has 0 radical (unpaired) electrons. The first-order chi connectivity index (χ1) is 9.08. The molecular weight excluding hydrogens is 236 g/mol. The number of carbonyl (C=O) groups is 1. The van der Waals surface area contributed by atoms with E-state index in [1.54, 1.807) is 6.92 Å². The normalized spacial score (nSPS) is 11.9. The Balaban J connectivity index is 2.13. The molecule has 98 valence electrons. The minimum Gasteiger partial charge on any atom is -0.482 e. The molecule has 0 aromatic heterocycles. The van der Waals surface area contributed by atoms with E-state index < -0.39 is 6.10 Å². The molecule has 0 N–H and O–H groups in total. The summed E-state index contributed by atoms with van der Waals surface area (Å²) in [5.74, 6) is 0.767. The van der Waals surface area contributed by atoms with Gasteiger partial charge < -0.3 is 4.74 Å². The highest BCUT2D eigenvalue weighted by atomic mass is 16.5. The van der Waals surface area contributed by atoms with E-state index in [2.05, 4.69) is 6.07 Å². The summed E-state index contributed by atoms with van der Waals surface area (Å²) in [6, 6.07) is 15.2. The van der Waals surface area contributed by atoms with E-state index in [1.807, 2.05) is 56.3 Å². The van der Waals surface area contributed by atoms with Crippen molar-refractivity contribution in [3.63, 3.8) is 0 Å². The molecule has 2 heteroatoms. The highest BCUT2D eigenvalue weighted by Crippen LogP contribution is 2.21. The van der Waals surface area contributed by atoms with Crippen molar-refractivity contribution in [3.05, 3.63) is 65.2 Å². The third kappa shape index (κ3) is 3.22. The molecule has 2 aromatic rings. The van der Waals surface area contributed by atoms with Crippen molar-refractivity contribution in [1.29, 1.82) is 0 Å². The Morgan fingerprint density at radius 1 is 1.05 bits per heavy atom. The molecule has 0 spiro atoms. The summed E-state index contributed by atoms with van der Waals surface area (Å²) in [6.45, 7) is 5.81. The summed E-state index contributed by atoms with van der Waals surface area (Å²) < 4.78 is 5.77. The van der Waals surface area contributed by atoms with E-state index in [9.17, 15) is 4.79 Å². The van der Waals surface area contributed by atoms with E-state index in [0.29, 0.717) is 5.56 Å². The number of carbonyl (C=O) groups excluding carboxylic acids is 1. The molecular formula is C17H18O2. The Morgan fingerprint density at radius 2 is 1.74 bits per heavy atom. The number of Topliss-reactive ketones (excluding diaryl/α,β-unsaturated/α-hetero) is 1. The van der Waals surface area contributed by atoms with Crippen molar-refractivity contribution >= 4 is 5.78 Å². The van der Waals surface area contributed by atoms with Crippen LogP contribution in [0.3, 0.4) is 0 Å². The van der Waals surface area contributed by atoms with Crippen molar-refractivity contribution in [1.82, 2.24) is 0 Å². The minimum absolute atomic E-state index is 0.000532. The van der Waals surface area contributed by atoms with Crippen molar-refractivity contribution in [2.45, 2.75) is 26.9 Å². The van der Waals surface area contributed by atoms with Crippen LogP contribution in [0, 0.1) is 13.8 Å². The Hall–Kier alpha value is -2.09. The van der Waals surface area contributed by atoms with Gasteiger partial charge in [0.1, 0.15) is 5.75 Å². The third-order valence-electron chi connectivity index (χ3n) is 3.06. The molecule has 1 atom stereocenters. The summed E-state index contributed by atoms with van der Waals surface area (Å²) >= 11 is 0. The maximum Gasteiger partial charge on any atom is 0.202 e. The molecule has 0 saturated carbocycles. The standard InChI is InChI=1S/C17H18O2/c1-12-9-10-16(13(2)11-12)19-14(3)17(18)15-7-5-4-6-8-15/h4-11,14H,1-3H3. The summed E-state index contributed by atoms with van der Waals surface area (Å²) in [5.41, 5.74) is 2.92. The van der Waals surface area contributed by atoms with Crippen LogP contribution >= 0.6 is 0 Å². The second-order valence-electron chi connectivity index (χ2n) is 4.76. The van der Waals surface area contributed by atoms with Crippen LogP contribution in [-0.4, -0.2) is 11.9 Å². The number of aryl methyl sites for hydroxylation is 2. The average Bonchev–Trinajstić information content (AvgIpc) is 2.42. The Bertz CT molecular complexity index is 573. The van der Waals surface area contributed by atoms with Gasteiger partial charge in [-0.3, -0.25) is 4.79 Å². The third-order valence-corrected chi connectivity index (χ3v) is 3.06. The van der Waals surface area contributed by atoms with Gasteiger partial charge in [-0.15, -0.1) is 0 Å². The number of ether oxygens (including phenoxy) is 1. The first kappa shape index (κ1) is 13.3. The van der Waals surface area contributed by atoms with Gasteiger partial charge in [-0.25, -0.2) is 0 Å². The Kier molecular flexibility index (Phi) is 4.00. The van der Waals surface area contributed by atoms with Crippen LogP contribution in [0.25, 0.3) is 0 Å². The van der Waals surface area contributed by atoms with E-state index in [0.717, 1.165) is 11.3 Å². The number of ketones is 1. The molecule has 0 amide bonds. The summed E-state index contributed by atoms with van der Waals surface area (Å²) in [7, 11) is 0. The van der Waals surface area contributed by atoms with E-state index >= 15 is 0 Å². The van der Waals surface area contributed by atoms with Gasteiger partial charge in [0.05, 0.1) is 0 Å². The summed E-state index contributed by atoms with van der Waals surface area (Å²) in [6.07, 6.45) is -0.483. The SMILES string of the molecule is Cc1ccc(OC(C)C(=O)c2ccccc2)c(C)c1. The van der Waals surface area contributed by atoms with Crippen molar-refractivity contribution in [2.24, 2.45) is 0 Å². The molecule has 19 heavy (non-hydrogen) atoms. The van der Waals surface area contributed by atoms with Gasteiger partial charge in [-0.1, -0.05) is 48.0 Å². The molecule has 1 unspecified atom stereocenters. The Morgan fingerprint density at radius 3 is 2.37 bits per heavy atom. The monoisotopic (exact) mass is 254 g/mol. The van der Waals surface area contributed by atoms with Gasteiger partial charge >= 0.3 is 0 Å². The number of hydrogen-bond donors (Lipinski definition) is 0. The van der Waals surface area contributed by atoms with Crippen LogP contribution in [0.5, 0.6) is 5.75 Å². The number of rotatable bonds is 4. The second kappa shape index (κ2) is 5.70. The molecule has 2 aromatic carbocycles. The maximum atomic E-state index is 12.2. The quantitative estimate of drug-likeness (QED) is 0.772. The molecule has 0 fully saturated rings. The zero-order valence-corrected chi connectivity index (χ0v) is 11.5. The first-order valence-corrected chi connectivity index (χ1v) is 6.41. The average molecular weight is 254 g/mol. The largest absolute Gasteiger partial charge is 0.482 e. The van der Waals surface area contributed by atoms with Gasteiger partial charge in [0, 0.05) is 5.56 Å². The van der Waals surface area contributed by atoms with Crippen LogP contribution in [0.2, 0.25) is 0 Å². The van der Waals surface area contributed by atoms with E-state index in [4.69, 9.17) is 4.74 Å².